The van der Waals surface area contributed by atoms with E-state index in [2.05, 4.69) is 46.6 Å². The van der Waals surface area contributed by atoms with Gasteiger partial charge in [0.05, 0.1) is 5.69 Å². The number of para-hydroxylation sites is 1. The summed E-state index contributed by atoms with van der Waals surface area (Å²) in [6, 6.07) is 8.37. The van der Waals surface area contributed by atoms with Crippen molar-refractivity contribution in [3.8, 4) is 0 Å². The first-order valence-electron chi connectivity index (χ1n) is 8.88. The van der Waals surface area contributed by atoms with Crippen LogP contribution in [-0.4, -0.2) is 27.2 Å². The average molecular weight is 338 g/mol. The molecule has 0 fully saturated rings. The monoisotopic (exact) mass is 338 g/mol. The van der Waals surface area contributed by atoms with Crippen LogP contribution in [0.3, 0.4) is 0 Å². The first-order chi connectivity index (χ1) is 12.0. The highest BCUT2D eigenvalue weighted by Crippen LogP contribution is 2.21. The summed E-state index contributed by atoms with van der Waals surface area (Å²) in [6.07, 6.45) is 4.23. The fraction of sp³-hybridized carbons (Fsp3) is 0.400. The molecule has 0 radical (unpaired) electrons. The minimum atomic E-state index is 0.109. The van der Waals surface area contributed by atoms with Crippen molar-refractivity contribution in [2.75, 3.05) is 6.54 Å². The van der Waals surface area contributed by atoms with Gasteiger partial charge in [-0.05, 0) is 50.8 Å². The lowest BCUT2D eigenvalue weighted by atomic mass is 10.1. The Morgan fingerprint density at radius 3 is 2.88 bits per heavy atom. The molecule has 1 amide bonds. The van der Waals surface area contributed by atoms with E-state index in [1.165, 1.54) is 22.0 Å². The quantitative estimate of drug-likeness (QED) is 0.693. The first-order valence-corrected chi connectivity index (χ1v) is 8.88. The topological polar surface area (TPSA) is 62.7 Å². The summed E-state index contributed by atoms with van der Waals surface area (Å²) in [5, 5.41) is 8.69. The number of aromatic nitrogens is 3. The highest BCUT2D eigenvalue weighted by molar-refractivity contribution is 5.86. The van der Waals surface area contributed by atoms with Crippen LogP contribution in [0.25, 0.3) is 10.9 Å². The first kappa shape index (κ1) is 17.3. The predicted octanol–water partition coefficient (Wildman–Crippen LogP) is 3.43. The molecule has 0 aliphatic rings. The molecule has 2 N–H and O–H groups in total. The van der Waals surface area contributed by atoms with E-state index in [-0.39, 0.29) is 5.91 Å². The van der Waals surface area contributed by atoms with Gasteiger partial charge in [-0.2, -0.15) is 5.10 Å². The summed E-state index contributed by atoms with van der Waals surface area (Å²) in [5.41, 5.74) is 5.86. The van der Waals surface area contributed by atoms with Gasteiger partial charge in [-0.1, -0.05) is 18.2 Å². The van der Waals surface area contributed by atoms with Crippen molar-refractivity contribution in [3.05, 3.63) is 53.0 Å². The zero-order valence-corrected chi connectivity index (χ0v) is 15.2. The Bertz CT molecular complexity index is 875. The van der Waals surface area contributed by atoms with Crippen molar-refractivity contribution in [3.63, 3.8) is 0 Å². The van der Waals surface area contributed by atoms with Crippen LogP contribution in [0.15, 0.2) is 30.5 Å². The Labute approximate surface area is 148 Å². The number of H-pyrrole nitrogens is 1. The van der Waals surface area contributed by atoms with Gasteiger partial charge >= 0.3 is 0 Å². The Balaban J connectivity index is 1.43. The van der Waals surface area contributed by atoms with E-state index in [1.807, 2.05) is 24.7 Å². The molecular weight excluding hydrogens is 312 g/mol. The third-order valence-corrected chi connectivity index (χ3v) is 4.60. The van der Waals surface area contributed by atoms with Gasteiger partial charge in [0, 0.05) is 42.3 Å². The van der Waals surface area contributed by atoms with Gasteiger partial charge < -0.3 is 10.3 Å². The number of nitrogens with one attached hydrogen (secondary N) is 2. The molecule has 3 aromatic rings. The summed E-state index contributed by atoms with van der Waals surface area (Å²) in [7, 11) is 0. The third-order valence-electron chi connectivity index (χ3n) is 4.60. The molecular formula is C20H26N4O. The molecule has 5 nitrogen and oxygen atoms in total. The van der Waals surface area contributed by atoms with Crippen LogP contribution in [0, 0.1) is 20.8 Å². The Hall–Kier alpha value is -2.56. The van der Waals surface area contributed by atoms with Crippen molar-refractivity contribution in [1.82, 2.24) is 20.1 Å². The maximum Gasteiger partial charge on any atom is 0.220 e. The lowest BCUT2D eigenvalue weighted by Gasteiger charge is -2.06. The maximum atomic E-state index is 12.0. The Kier molecular flexibility index (Phi) is 5.22. The Morgan fingerprint density at radius 1 is 1.28 bits per heavy atom. The van der Waals surface area contributed by atoms with Crippen molar-refractivity contribution >= 4 is 16.8 Å². The zero-order valence-electron chi connectivity index (χ0n) is 15.2. The van der Waals surface area contributed by atoms with E-state index in [1.54, 1.807) is 0 Å². The molecule has 2 heterocycles. The van der Waals surface area contributed by atoms with E-state index in [9.17, 15) is 4.79 Å². The standard InChI is InChI=1S/C20H26N4O/c1-14-6-4-7-18-17(13-22-20(14)18)9-10-21-19(25)8-5-11-24-16(3)12-15(2)23-24/h4,6-7,12-13,22H,5,8-11H2,1-3H3,(H,21,25). The summed E-state index contributed by atoms with van der Waals surface area (Å²) < 4.78 is 1.97. The van der Waals surface area contributed by atoms with E-state index < -0.39 is 0 Å². The number of benzene rings is 1. The number of nitrogens with zero attached hydrogens (tertiary/aromatic N) is 2. The van der Waals surface area contributed by atoms with Gasteiger partial charge in [-0.25, -0.2) is 0 Å². The molecule has 0 saturated heterocycles. The molecule has 3 rings (SSSR count). The van der Waals surface area contributed by atoms with Crippen LogP contribution in [-0.2, 0) is 17.8 Å². The number of hydrogen-bond acceptors (Lipinski definition) is 2. The van der Waals surface area contributed by atoms with Crippen LogP contribution in [0.1, 0.15) is 35.4 Å². The van der Waals surface area contributed by atoms with Crippen molar-refractivity contribution in [2.45, 2.75) is 46.6 Å². The minimum absolute atomic E-state index is 0.109. The molecule has 0 spiro atoms. The van der Waals surface area contributed by atoms with Gasteiger partial charge in [0.1, 0.15) is 0 Å². The number of amides is 1. The number of fused-ring (bicyclic) bond motifs is 1. The maximum absolute atomic E-state index is 12.0. The van der Waals surface area contributed by atoms with Crippen LogP contribution >= 0.6 is 0 Å². The second-order valence-electron chi connectivity index (χ2n) is 6.67. The fourth-order valence-electron chi connectivity index (χ4n) is 3.29. The SMILES string of the molecule is Cc1cc(C)n(CCCC(=O)NCCc2c[nH]c3c(C)cccc23)n1. The minimum Gasteiger partial charge on any atom is -0.361 e. The summed E-state index contributed by atoms with van der Waals surface area (Å²) in [4.78, 5) is 15.4. The molecule has 25 heavy (non-hydrogen) atoms. The summed E-state index contributed by atoms with van der Waals surface area (Å²) in [5.74, 6) is 0.109. The van der Waals surface area contributed by atoms with Gasteiger partial charge in [-0.15, -0.1) is 0 Å². The fourth-order valence-corrected chi connectivity index (χ4v) is 3.29. The lowest BCUT2D eigenvalue weighted by molar-refractivity contribution is -0.121. The molecule has 5 heteroatoms. The second-order valence-corrected chi connectivity index (χ2v) is 6.67. The molecule has 1 aromatic carbocycles. The van der Waals surface area contributed by atoms with Gasteiger partial charge in [0.15, 0.2) is 0 Å². The summed E-state index contributed by atoms with van der Waals surface area (Å²) in [6.45, 7) is 7.59. The molecule has 0 bridgehead atoms. The highest BCUT2D eigenvalue weighted by atomic mass is 16.1. The molecule has 0 aliphatic carbocycles. The van der Waals surface area contributed by atoms with Crippen molar-refractivity contribution in [2.24, 2.45) is 0 Å². The number of aromatic amines is 1. The average Bonchev–Trinajstić information content (AvgIpc) is 3.12. The van der Waals surface area contributed by atoms with E-state index in [0.717, 1.165) is 30.8 Å². The van der Waals surface area contributed by atoms with Crippen LogP contribution in [0.5, 0.6) is 0 Å². The predicted molar refractivity (Wildman–Crippen MR) is 101 cm³/mol. The van der Waals surface area contributed by atoms with Crippen LogP contribution in [0.2, 0.25) is 0 Å². The van der Waals surface area contributed by atoms with Crippen LogP contribution in [0.4, 0.5) is 0 Å². The number of carbonyl (C=O) groups is 1. The van der Waals surface area contributed by atoms with Crippen molar-refractivity contribution < 1.29 is 4.79 Å². The summed E-state index contributed by atoms with van der Waals surface area (Å²) >= 11 is 0. The van der Waals surface area contributed by atoms with Crippen molar-refractivity contribution in [1.29, 1.82) is 0 Å². The second kappa shape index (κ2) is 7.55. The van der Waals surface area contributed by atoms with Crippen LogP contribution < -0.4 is 5.32 Å². The van der Waals surface area contributed by atoms with E-state index in [4.69, 9.17) is 0 Å². The van der Waals surface area contributed by atoms with Gasteiger partial charge in [-0.3, -0.25) is 9.48 Å². The zero-order chi connectivity index (χ0) is 17.8. The lowest BCUT2D eigenvalue weighted by Crippen LogP contribution is -2.25. The van der Waals surface area contributed by atoms with Gasteiger partial charge in [0.25, 0.3) is 0 Å². The number of aryl methyl sites for hydroxylation is 4. The van der Waals surface area contributed by atoms with E-state index in [0.29, 0.717) is 13.0 Å². The molecule has 0 aliphatic heterocycles. The number of hydrogen-bond donors (Lipinski definition) is 2. The number of rotatable bonds is 7. The largest absolute Gasteiger partial charge is 0.361 e. The molecule has 132 valence electrons. The van der Waals surface area contributed by atoms with E-state index >= 15 is 0 Å². The smallest absolute Gasteiger partial charge is 0.220 e. The molecule has 0 unspecified atom stereocenters. The highest BCUT2D eigenvalue weighted by Gasteiger charge is 2.07. The molecule has 2 aromatic heterocycles. The van der Waals surface area contributed by atoms with Gasteiger partial charge in [0.2, 0.25) is 5.91 Å². The normalized spacial score (nSPS) is 11.2. The molecule has 0 atom stereocenters. The Morgan fingerprint density at radius 2 is 2.12 bits per heavy atom. The third kappa shape index (κ3) is 4.10. The number of carbonyl (C=O) groups excluding carboxylic acids is 1. The molecule has 0 saturated carbocycles.